The van der Waals surface area contributed by atoms with Gasteiger partial charge in [-0.25, -0.2) is 4.39 Å². The van der Waals surface area contributed by atoms with Gasteiger partial charge >= 0.3 is 0 Å². The summed E-state index contributed by atoms with van der Waals surface area (Å²) in [5.74, 6) is -0.626. The largest absolute Gasteiger partial charge is 0.334 e. The highest BCUT2D eigenvalue weighted by Gasteiger charge is 2.35. The first-order chi connectivity index (χ1) is 10.2. The van der Waals surface area contributed by atoms with Gasteiger partial charge in [-0.15, -0.1) is 0 Å². The minimum absolute atomic E-state index is 0.174. The van der Waals surface area contributed by atoms with Crippen LogP contribution in [-0.4, -0.2) is 36.0 Å². The molecule has 114 valence electrons. The van der Waals surface area contributed by atoms with Gasteiger partial charge in [-0.3, -0.25) is 4.79 Å². The highest BCUT2D eigenvalue weighted by atomic mass is 79.9. The SMILES string of the molecule is O=C(c1cccc(Br)c1F)N1CCCCC1C1CCCN1. The van der Waals surface area contributed by atoms with E-state index >= 15 is 0 Å². The summed E-state index contributed by atoms with van der Waals surface area (Å²) in [6, 6.07) is 5.48. The van der Waals surface area contributed by atoms with Crippen molar-refractivity contribution >= 4 is 21.8 Å². The summed E-state index contributed by atoms with van der Waals surface area (Å²) < 4.78 is 14.5. The van der Waals surface area contributed by atoms with Gasteiger partial charge in [0.05, 0.1) is 10.0 Å². The molecule has 1 aromatic rings. The van der Waals surface area contributed by atoms with Crippen LogP contribution in [0.4, 0.5) is 4.39 Å². The number of hydrogen-bond acceptors (Lipinski definition) is 2. The first-order valence-electron chi connectivity index (χ1n) is 7.67. The van der Waals surface area contributed by atoms with E-state index < -0.39 is 5.82 Å². The smallest absolute Gasteiger partial charge is 0.257 e. The van der Waals surface area contributed by atoms with E-state index in [4.69, 9.17) is 0 Å². The normalized spacial score (nSPS) is 26.1. The average molecular weight is 355 g/mol. The van der Waals surface area contributed by atoms with E-state index in [1.54, 1.807) is 18.2 Å². The van der Waals surface area contributed by atoms with Gasteiger partial charge in [-0.05, 0) is 66.7 Å². The third-order valence-electron chi connectivity index (χ3n) is 4.55. The second kappa shape index (κ2) is 6.44. The van der Waals surface area contributed by atoms with Crippen molar-refractivity contribution in [3.8, 4) is 0 Å². The number of nitrogens with zero attached hydrogens (tertiary/aromatic N) is 1. The van der Waals surface area contributed by atoms with Crippen LogP contribution in [0.15, 0.2) is 22.7 Å². The molecule has 0 bridgehead atoms. The predicted molar refractivity (Wildman–Crippen MR) is 83.8 cm³/mol. The van der Waals surface area contributed by atoms with Gasteiger partial charge in [0.15, 0.2) is 0 Å². The summed E-state index contributed by atoms with van der Waals surface area (Å²) in [5.41, 5.74) is 0.175. The monoisotopic (exact) mass is 354 g/mol. The van der Waals surface area contributed by atoms with E-state index in [1.165, 1.54) is 0 Å². The number of nitrogens with one attached hydrogen (secondary N) is 1. The van der Waals surface area contributed by atoms with Gasteiger partial charge in [0.25, 0.3) is 5.91 Å². The zero-order valence-corrected chi connectivity index (χ0v) is 13.5. The molecule has 2 aliphatic rings. The third kappa shape index (κ3) is 2.99. The molecule has 0 radical (unpaired) electrons. The molecule has 2 saturated heterocycles. The maximum Gasteiger partial charge on any atom is 0.257 e. The number of benzene rings is 1. The Labute approximate surface area is 133 Å². The van der Waals surface area contributed by atoms with E-state index in [-0.39, 0.29) is 17.5 Å². The van der Waals surface area contributed by atoms with E-state index in [2.05, 4.69) is 21.2 Å². The van der Waals surface area contributed by atoms with Gasteiger partial charge in [0, 0.05) is 18.6 Å². The Morgan fingerprint density at radius 3 is 2.90 bits per heavy atom. The van der Waals surface area contributed by atoms with Crippen molar-refractivity contribution in [3.63, 3.8) is 0 Å². The molecular formula is C16H20BrFN2O. The Morgan fingerprint density at radius 1 is 1.29 bits per heavy atom. The molecule has 0 saturated carbocycles. The van der Waals surface area contributed by atoms with Crippen LogP contribution in [0.25, 0.3) is 0 Å². The third-order valence-corrected chi connectivity index (χ3v) is 5.17. The molecule has 1 amide bonds. The van der Waals surface area contributed by atoms with Crippen molar-refractivity contribution in [1.82, 2.24) is 10.2 Å². The number of halogens is 2. The molecular weight excluding hydrogens is 335 g/mol. The molecule has 2 heterocycles. The molecule has 0 spiro atoms. The highest BCUT2D eigenvalue weighted by Crippen LogP contribution is 2.27. The van der Waals surface area contributed by atoms with E-state index in [0.29, 0.717) is 10.5 Å². The van der Waals surface area contributed by atoms with Crippen molar-refractivity contribution in [2.45, 2.75) is 44.2 Å². The quantitative estimate of drug-likeness (QED) is 0.883. The number of amides is 1. The molecule has 2 unspecified atom stereocenters. The molecule has 0 aliphatic carbocycles. The van der Waals surface area contributed by atoms with Crippen molar-refractivity contribution in [3.05, 3.63) is 34.1 Å². The Bertz CT molecular complexity index is 531. The topological polar surface area (TPSA) is 32.3 Å². The number of rotatable bonds is 2. The Hall–Kier alpha value is -0.940. The second-order valence-electron chi connectivity index (χ2n) is 5.87. The predicted octanol–water partition coefficient (Wildman–Crippen LogP) is 3.33. The van der Waals surface area contributed by atoms with E-state index in [0.717, 1.165) is 45.2 Å². The lowest BCUT2D eigenvalue weighted by molar-refractivity contribution is 0.0558. The van der Waals surface area contributed by atoms with Crippen molar-refractivity contribution < 1.29 is 9.18 Å². The molecule has 3 rings (SSSR count). The molecule has 2 fully saturated rings. The summed E-state index contributed by atoms with van der Waals surface area (Å²) in [6.45, 7) is 1.75. The summed E-state index contributed by atoms with van der Waals surface area (Å²) in [5, 5.41) is 3.49. The number of hydrogen-bond donors (Lipinski definition) is 1. The van der Waals surface area contributed by atoms with Gasteiger partial charge in [0.2, 0.25) is 0 Å². The van der Waals surface area contributed by atoms with Gasteiger partial charge in [-0.2, -0.15) is 0 Å². The highest BCUT2D eigenvalue weighted by molar-refractivity contribution is 9.10. The number of carbonyl (C=O) groups excluding carboxylic acids is 1. The second-order valence-corrected chi connectivity index (χ2v) is 6.72. The first-order valence-corrected chi connectivity index (χ1v) is 8.46. The fourth-order valence-corrected chi connectivity index (χ4v) is 3.86. The van der Waals surface area contributed by atoms with Crippen molar-refractivity contribution in [1.29, 1.82) is 0 Å². The van der Waals surface area contributed by atoms with Crippen LogP contribution < -0.4 is 5.32 Å². The van der Waals surface area contributed by atoms with E-state index in [9.17, 15) is 9.18 Å². The van der Waals surface area contributed by atoms with Crippen LogP contribution in [0.5, 0.6) is 0 Å². The Morgan fingerprint density at radius 2 is 2.14 bits per heavy atom. The number of likely N-dealkylation sites (tertiary alicyclic amines) is 1. The zero-order chi connectivity index (χ0) is 14.8. The van der Waals surface area contributed by atoms with Crippen LogP contribution in [0, 0.1) is 5.82 Å². The van der Waals surface area contributed by atoms with Gasteiger partial charge in [0.1, 0.15) is 5.82 Å². The lowest BCUT2D eigenvalue weighted by Gasteiger charge is -2.39. The summed E-state index contributed by atoms with van der Waals surface area (Å²) in [4.78, 5) is 14.7. The number of carbonyl (C=O) groups is 1. The van der Waals surface area contributed by atoms with Crippen LogP contribution in [0.2, 0.25) is 0 Å². The summed E-state index contributed by atoms with van der Waals surface area (Å²) >= 11 is 3.16. The van der Waals surface area contributed by atoms with Crippen LogP contribution in [0.3, 0.4) is 0 Å². The van der Waals surface area contributed by atoms with Crippen LogP contribution in [-0.2, 0) is 0 Å². The fraction of sp³-hybridized carbons (Fsp3) is 0.562. The van der Waals surface area contributed by atoms with Gasteiger partial charge in [-0.1, -0.05) is 6.07 Å². The summed E-state index contributed by atoms with van der Waals surface area (Å²) in [6.07, 6.45) is 5.43. The molecule has 3 nitrogen and oxygen atoms in total. The molecule has 2 aliphatic heterocycles. The number of piperidine rings is 1. The van der Waals surface area contributed by atoms with Crippen LogP contribution >= 0.6 is 15.9 Å². The lowest BCUT2D eigenvalue weighted by atomic mass is 9.93. The molecule has 1 aromatic carbocycles. The maximum atomic E-state index is 14.2. The van der Waals surface area contributed by atoms with Crippen molar-refractivity contribution in [2.24, 2.45) is 0 Å². The lowest BCUT2D eigenvalue weighted by Crippen LogP contribution is -2.52. The minimum atomic E-state index is -0.453. The molecule has 21 heavy (non-hydrogen) atoms. The minimum Gasteiger partial charge on any atom is -0.334 e. The molecule has 5 heteroatoms. The Kier molecular flexibility index (Phi) is 4.60. The fourth-order valence-electron chi connectivity index (χ4n) is 3.49. The van der Waals surface area contributed by atoms with Crippen LogP contribution in [0.1, 0.15) is 42.5 Å². The molecule has 2 atom stereocenters. The maximum absolute atomic E-state index is 14.2. The zero-order valence-electron chi connectivity index (χ0n) is 11.9. The average Bonchev–Trinajstić information content (AvgIpc) is 3.03. The standard InChI is InChI=1S/C16H20BrFN2O/c17-12-6-3-5-11(15(12)18)16(21)20-10-2-1-8-14(20)13-7-4-9-19-13/h3,5-6,13-14,19H,1-2,4,7-10H2. The van der Waals surface area contributed by atoms with Crippen molar-refractivity contribution in [2.75, 3.05) is 13.1 Å². The van der Waals surface area contributed by atoms with Gasteiger partial charge < -0.3 is 10.2 Å². The Balaban J connectivity index is 1.85. The first kappa shape index (κ1) is 15.0. The molecule has 1 N–H and O–H groups in total. The molecule has 0 aromatic heterocycles. The summed E-state index contributed by atoms with van der Waals surface area (Å²) in [7, 11) is 0. The van der Waals surface area contributed by atoms with E-state index in [1.807, 2.05) is 4.90 Å².